The third-order valence-electron chi connectivity index (χ3n) is 12.4. The molecule has 46 heavy (non-hydrogen) atoms. The maximum atomic E-state index is 2.90. The van der Waals surface area contributed by atoms with Gasteiger partial charge in [0.15, 0.2) is 0 Å². The fourth-order valence-electron chi connectivity index (χ4n) is 9.97. The molecule has 0 spiro atoms. The van der Waals surface area contributed by atoms with Crippen LogP contribution in [0.2, 0.25) is 0 Å². The molecule has 0 saturated heterocycles. The van der Waals surface area contributed by atoms with Crippen molar-refractivity contribution in [2.75, 3.05) is 9.80 Å². The van der Waals surface area contributed by atoms with Crippen LogP contribution in [-0.4, -0.2) is 12.8 Å². The monoisotopic (exact) mass is 624 g/mol. The van der Waals surface area contributed by atoms with Crippen LogP contribution in [0.5, 0.6) is 0 Å². The first-order valence-electron chi connectivity index (χ1n) is 18.2. The standard InChI is InChI=1S/C42H49BN2S/c1-41(2,3)30-13-16-32(17-14-30)44-35-19-20-46-40(35)43-33-25-31(42(4,5)6)15-18-34(33)45(36-22-26-11-12-28(36)21-26)38-24-29(23-37(44)39(38)43)27-9-7-8-10-27/h13-20,23-28,36H,7-12,21-22H2,1-6H3. The van der Waals surface area contributed by atoms with Crippen molar-refractivity contribution in [2.45, 2.75) is 116 Å². The van der Waals surface area contributed by atoms with E-state index in [1.54, 1.807) is 11.0 Å². The summed E-state index contributed by atoms with van der Waals surface area (Å²) in [5, 5.41) is 2.35. The molecular weight excluding hydrogens is 575 g/mol. The summed E-state index contributed by atoms with van der Waals surface area (Å²) in [6, 6.07) is 25.4. The maximum absolute atomic E-state index is 2.90. The van der Waals surface area contributed by atoms with Gasteiger partial charge < -0.3 is 9.80 Å². The van der Waals surface area contributed by atoms with Gasteiger partial charge in [0.2, 0.25) is 0 Å². The fourth-order valence-corrected chi connectivity index (χ4v) is 11.0. The zero-order chi connectivity index (χ0) is 31.5. The van der Waals surface area contributed by atoms with Gasteiger partial charge in [0, 0.05) is 33.6 Å². The second kappa shape index (κ2) is 10.3. The molecule has 2 bridgehead atoms. The van der Waals surface area contributed by atoms with Crippen LogP contribution in [-0.2, 0) is 10.8 Å². The molecule has 2 aliphatic heterocycles. The Morgan fingerprint density at radius 1 is 0.696 bits per heavy atom. The Bertz CT molecular complexity index is 1820. The number of nitrogens with zero attached hydrogens (tertiary/aromatic N) is 2. The predicted molar refractivity (Wildman–Crippen MR) is 200 cm³/mol. The minimum absolute atomic E-state index is 0.107. The van der Waals surface area contributed by atoms with E-state index in [0.29, 0.717) is 12.0 Å². The summed E-state index contributed by atoms with van der Waals surface area (Å²) in [5.41, 5.74) is 14.8. The first-order valence-corrected chi connectivity index (χ1v) is 19.0. The normalized spacial score (nSPS) is 23.6. The molecule has 3 heterocycles. The van der Waals surface area contributed by atoms with E-state index < -0.39 is 0 Å². The first-order chi connectivity index (χ1) is 22.1. The van der Waals surface area contributed by atoms with Crippen molar-refractivity contribution in [3.63, 3.8) is 0 Å². The summed E-state index contributed by atoms with van der Waals surface area (Å²) in [6.07, 6.45) is 11.0. The lowest BCUT2D eigenvalue weighted by molar-refractivity contribution is 0.413. The van der Waals surface area contributed by atoms with E-state index in [9.17, 15) is 0 Å². The van der Waals surface area contributed by atoms with Gasteiger partial charge in [-0.05, 0) is 130 Å². The molecule has 9 rings (SSSR count). The quantitative estimate of drug-likeness (QED) is 0.184. The van der Waals surface area contributed by atoms with Crippen LogP contribution in [0.25, 0.3) is 0 Å². The lowest BCUT2D eigenvalue weighted by Gasteiger charge is -2.47. The molecule has 3 aliphatic carbocycles. The van der Waals surface area contributed by atoms with Crippen LogP contribution in [0.3, 0.4) is 0 Å². The molecule has 5 aliphatic rings. The maximum Gasteiger partial charge on any atom is 0.264 e. The smallest absolute Gasteiger partial charge is 0.264 e. The average Bonchev–Trinajstić information content (AvgIpc) is 3.85. The van der Waals surface area contributed by atoms with Crippen molar-refractivity contribution >= 4 is 62.2 Å². The SMILES string of the molecule is CC(C)(C)c1ccc(N2c3ccsc3B3c4cc(C(C)(C)C)ccc4N(C4CC5CCC4C5)c4cc(C5CCCC5)cc2c43)cc1. The molecule has 1 aromatic heterocycles. The van der Waals surface area contributed by atoms with Crippen LogP contribution in [0, 0.1) is 11.8 Å². The van der Waals surface area contributed by atoms with Crippen LogP contribution in [0.4, 0.5) is 28.4 Å². The molecule has 2 nitrogen and oxygen atoms in total. The summed E-state index contributed by atoms with van der Waals surface area (Å²) in [6.45, 7) is 14.4. The van der Waals surface area contributed by atoms with E-state index in [0.717, 1.165) is 11.8 Å². The number of hydrogen-bond acceptors (Lipinski definition) is 3. The van der Waals surface area contributed by atoms with Gasteiger partial charge in [-0.15, -0.1) is 0 Å². The van der Waals surface area contributed by atoms with Crippen molar-refractivity contribution in [3.8, 4) is 0 Å². The van der Waals surface area contributed by atoms with Gasteiger partial charge in [-0.1, -0.05) is 85.1 Å². The summed E-state index contributed by atoms with van der Waals surface area (Å²) < 4.78 is 1.50. The molecule has 4 heteroatoms. The number of anilines is 5. The Morgan fingerprint density at radius 2 is 1.41 bits per heavy atom. The second-order valence-corrected chi connectivity index (χ2v) is 18.3. The third kappa shape index (κ3) is 4.41. The van der Waals surface area contributed by atoms with Gasteiger partial charge in [0.25, 0.3) is 6.71 Å². The highest BCUT2D eigenvalue weighted by molar-refractivity contribution is 7.28. The average molecular weight is 625 g/mol. The van der Waals surface area contributed by atoms with Gasteiger partial charge in [0.05, 0.1) is 5.69 Å². The van der Waals surface area contributed by atoms with Gasteiger partial charge in [-0.2, -0.15) is 11.3 Å². The highest BCUT2D eigenvalue weighted by Crippen LogP contribution is 2.52. The molecule has 3 unspecified atom stereocenters. The van der Waals surface area contributed by atoms with Crippen LogP contribution < -0.4 is 25.5 Å². The van der Waals surface area contributed by atoms with Crippen LogP contribution >= 0.6 is 11.3 Å². The van der Waals surface area contributed by atoms with Crippen molar-refractivity contribution in [1.82, 2.24) is 0 Å². The number of benzene rings is 3. The molecule has 236 valence electrons. The fraction of sp³-hybridized carbons (Fsp3) is 0.476. The minimum atomic E-state index is 0.107. The molecule has 0 radical (unpaired) electrons. The second-order valence-electron chi connectivity index (χ2n) is 17.3. The van der Waals surface area contributed by atoms with Crippen LogP contribution in [0.15, 0.2) is 66.0 Å². The number of thiophene rings is 1. The first kappa shape index (κ1) is 29.2. The molecule has 0 amide bonds. The molecule has 4 aromatic rings. The summed E-state index contributed by atoms with van der Waals surface area (Å²) in [5.74, 6) is 2.38. The topological polar surface area (TPSA) is 6.48 Å². The molecule has 0 N–H and O–H groups in total. The lowest BCUT2D eigenvalue weighted by atomic mass is 9.36. The van der Waals surface area contributed by atoms with E-state index in [2.05, 4.69) is 117 Å². The van der Waals surface area contributed by atoms with Gasteiger partial charge in [-0.3, -0.25) is 0 Å². The van der Waals surface area contributed by atoms with E-state index in [1.807, 2.05) is 11.3 Å². The van der Waals surface area contributed by atoms with Gasteiger partial charge in [0.1, 0.15) is 0 Å². The summed E-state index contributed by atoms with van der Waals surface area (Å²) in [7, 11) is 0. The molecule has 3 atom stereocenters. The zero-order valence-corrected chi connectivity index (χ0v) is 29.5. The van der Waals surface area contributed by atoms with Crippen molar-refractivity contribution in [3.05, 3.63) is 82.7 Å². The van der Waals surface area contributed by atoms with E-state index in [1.165, 1.54) is 101 Å². The van der Waals surface area contributed by atoms with Crippen molar-refractivity contribution < 1.29 is 0 Å². The Balaban J connectivity index is 1.32. The summed E-state index contributed by atoms with van der Waals surface area (Å²) in [4.78, 5) is 5.54. The van der Waals surface area contributed by atoms with E-state index >= 15 is 0 Å². The Morgan fingerprint density at radius 3 is 2.09 bits per heavy atom. The van der Waals surface area contributed by atoms with E-state index in [4.69, 9.17) is 0 Å². The molecule has 3 saturated carbocycles. The Hall–Kier alpha value is -2.98. The van der Waals surface area contributed by atoms with Gasteiger partial charge in [-0.25, -0.2) is 0 Å². The van der Waals surface area contributed by atoms with Crippen molar-refractivity contribution in [1.29, 1.82) is 0 Å². The zero-order valence-electron chi connectivity index (χ0n) is 28.7. The highest BCUT2D eigenvalue weighted by atomic mass is 32.1. The molecular formula is C42H49BN2S. The highest BCUT2D eigenvalue weighted by Gasteiger charge is 2.50. The van der Waals surface area contributed by atoms with Crippen molar-refractivity contribution in [2.24, 2.45) is 11.8 Å². The molecule has 3 aromatic carbocycles. The van der Waals surface area contributed by atoms with Gasteiger partial charge >= 0.3 is 0 Å². The minimum Gasteiger partial charge on any atom is -0.339 e. The van der Waals surface area contributed by atoms with E-state index in [-0.39, 0.29) is 17.5 Å². The summed E-state index contributed by atoms with van der Waals surface area (Å²) >= 11 is 1.96. The number of rotatable bonds is 3. The lowest BCUT2D eigenvalue weighted by Crippen LogP contribution is -2.62. The molecule has 3 fully saturated rings. The number of fused-ring (bicyclic) bond motifs is 6. The van der Waals surface area contributed by atoms with Crippen LogP contribution in [0.1, 0.15) is 116 Å². The predicted octanol–water partition coefficient (Wildman–Crippen LogP) is 9.94. The third-order valence-corrected chi connectivity index (χ3v) is 13.4. The Labute approximate surface area is 281 Å². The Kier molecular flexibility index (Phi) is 6.51. The number of hydrogen-bond donors (Lipinski definition) is 0. The largest absolute Gasteiger partial charge is 0.339 e.